The van der Waals surface area contributed by atoms with Crippen LogP contribution in [0.5, 0.6) is 5.75 Å². The molecule has 172 valence electrons. The molecule has 0 atom stereocenters. The molecule has 4 aromatic rings. The van der Waals surface area contributed by atoms with Crippen LogP contribution in [0.4, 0.5) is 11.5 Å². The quantitative estimate of drug-likeness (QED) is 0.386. The maximum absolute atomic E-state index is 13.5. The van der Waals surface area contributed by atoms with Gasteiger partial charge in [-0.15, -0.1) is 0 Å². The lowest BCUT2D eigenvalue weighted by molar-refractivity contribution is 0.0692. The summed E-state index contributed by atoms with van der Waals surface area (Å²) >= 11 is 0. The molecule has 5 heteroatoms. The van der Waals surface area contributed by atoms with Crippen LogP contribution in [-0.4, -0.2) is 36.0 Å². The van der Waals surface area contributed by atoms with Gasteiger partial charge in [0.15, 0.2) is 0 Å². The van der Waals surface area contributed by atoms with Gasteiger partial charge in [0.1, 0.15) is 11.6 Å². The Bertz CT molecular complexity index is 1260. The number of ether oxygens (including phenoxy) is 1. The third-order valence-electron chi connectivity index (χ3n) is 6.65. The Morgan fingerprint density at radius 3 is 2.32 bits per heavy atom. The predicted octanol–water partition coefficient (Wildman–Crippen LogP) is 6.08. The van der Waals surface area contributed by atoms with Crippen LogP contribution in [-0.2, 0) is 6.42 Å². The lowest BCUT2D eigenvalue weighted by atomic mass is 9.90. The summed E-state index contributed by atoms with van der Waals surface area (Å²) in [4.78, 5) is 20.1. The Kier molecular flexibility index (Phi) is 6.43. The van der Waals surface area contributed by atoms with Gasteiger partial charge in [-0.05, 0) is 60.4 Å². The van der Waals surface area contributed by atoms with Crippen molar-refractivity contribution < 1.29 is 9.53 Å². The molecule has 1 amide bonds. The highest BCUT2D eigenvalue weighted by Crippen LogP contribution is 2.30. The minimum absolute atomic E-state index is 0.0675. The Morgan fingerprint density at radius 2 is 1.62 bits per heavy atom. The van der Waals surface area contributed by atoms with Gasteiger partial charge < -0.3 is 15.0 Å². The van der Waals surface area contributed by atoms with Gasteiger partial charge in [-0.25, -0.2) is 4.98 Å². The van der Waals surface area contributed by atoms with E-state index >= 15 is 0 Å². The first-order valence-electron chi connectivity index (χ1n) is 11.8. The van der Waals surface area contributed by atoms with Gasteiger partial charge in [0.25, 0.3) is 5.91 Å². The zero-order valence-corrected chi connectivity index (χ0v) is 19.4. The highest BCUT2D eigenvalue weighted by atomic mass is 16.5. The lowest BCUT2D eigenvalue weighted by Crippen LogP contribution is -2.39. The Labute approximate surface area is 200 Å². The molecule has 1 aliphatic rings. The number of hydrogen-bond acceptors (Lipinski definition) is 4. The third-order valence-corrected chi connectivity index (χ3v) is 6.65. The maximum Gasteiger partial charge on any atom is 0.256 e. The fourth-order valence-electron chi connectivity index (χ4n) is 4.73. The largest absolute Gasteiger partial charge is 0.497 e. The van der Waals surface area contributed by atoms with Crippen LogP contribution >= 0.6 is 0 Å². The molecule has 1 N–H and O–H groups in total. The van der Waals surface area contributed by atoms with E-state index in [4.69, 9.17) is 4.74 Å². The van der Waals surface area contributed by atoms with Crippen LogP contribution in [0, 0.1) is 5.92 Å². The molecule has 0 aliphatic carbocycles. The van der Waals surface area contributed by atoms with E-state index in [0.717, 1.165) is 60.4 Å². The molecule has 1 fully saturated rings. The van der Waals surface area contributed by atoms with E-state index in [0.29, 0.717) is 11.5 Å². The smallest absolute Gasteiger partial charge is 0.256 e. The number of aromatic nitrogens is 1. The summed E-state index contributed by atoms with van der Waals surface area (Å²) in [5, 5.41) is 5.24. The fourth-order valence-corrected chi connectivity index (χ4v) is 4.73. The summed E-state index contributed by atoms with van der Waals surface area (Å²) in [5.41, 5.74) is 2.96. The molecular formula is C29H29N3O2. The van der Waals surface area contributed by atoms with Crippen molar-refractivity contribution in [2.24, 2.45) is 5.92 Å². The minimum Gasteiger partial charge on any atom is -0.497 e. The molecule has 3 aromatic carbocycles. The van der Waals surface area contributed by atoms with E-state index < -0.39 is 0 Å². The first-order valence-corrected chi connectivity index (χ1v) is 11.8. The number of hydrogen-bond donors (Lipinski definition) is 1. The monoisotopic (exact) mass is 451 g/mol. The van der Waals surface area contributed by atoms with Gasteiger partial charge in [-0.1, -0.05) is 54.6 Å². The standard InChI is InChI=1S/C29H29N3O2/c1-34-24-13-11-23(12-14-24)31-28-26-10-6-5-9-25(26)27(20-30-28)29(33)32-17-15-22(16-18-32)19-21-7-3-2-4-8-21/h2-14,20,22H,15-19H2,1H3,(H,30,31). The predicted molar refractivity (Wildman–Crippen MR) is 137 cm³/mol. The van der Waals surface area contributed by atoms with E-state index in [1.807, 2.05) is 53.4 Å². The van der Waals surface area contributed by atoms with Gasteiger partial charge >= 0.3 is 0 Å². The molecule has 0 unspecified atom stereocenters. The number of carbonyl (C=O) groups excluding carboxylic acids is 1. The van der Waals surface area contributed by atoms with Crippen molar-refractivity contribution in [2.45, 2.75) is 19.3 Å². The Balaban J connectivity index is 1.32. The second-order valence-corrected chi connectivity index (χ2v) is 8.84. The van der Waals surface area contributed by atoms with E-state index in [-0.39, 0.29) is 5.91 Å². The highest BCUT2D eigenvalue weighted by molar-refractivity contribution is 6.09. The number of pyridine rings is 1. The number of nitrogens with zero attached hydrogens (tertiary/aromatic N) is 2. The Hall–Kier alpha value is -3.86. The van der Waals surface area contributed by atoms with Crippen LogP contribution in [0.25, 0.3) is 10.8 Å². The molecule has 1 saturated heterocycles. The summed E-state index contributed by atoms with van der Waals surface area (Å²) in [6, 6.07) is 26.3. The van der Waals surface area contributed by atoms with Crippen molar-refractivity contribution in [3.63, 3.8) is 0 Å². The Morgan fingerprint density at radius 1 is 0.941 bits per heavy atom. The first-order chi connectivity index (χ1) is 16.7. The summed E-state index contributed by atoms with van der Waals surface area (Å²) in [5.74, 6) is 2.23. The molecule has 0 spiro atoms. The average molecular weight is 452 g/mol. The number of likely N-dealkylation sites (tertiary alicyclic amines) is 1. The summed E-state index contributed by atoms with van der Waals surface area (Å²) in [7, 11) is 1.65. The third kappa shape index (κ3) is 4.74. The van der Waals surface area contributed by atoms with Crippen LogP contribution < -0.4 is 10.1 Å². The van der Waals surface area contributed by atoms with Crippen molar-refractivity contribution >= 4 is 28.2 Å². The van der Waals surface area contributed by atoms with Crippen LogP contribution in [0.15, 0.2) is 85.1 Å². The number of piperidine rings is 1. The minimum atomic E-state index is 0.0675. The van der Waals surface area contributed by atoms with Gasteiger partial charge in [0.2, 0.25) is 0 Å². The number of methoxy groups -OCH3 is 1. The topological polar surface area (TPSA) is 54.5 Å². The number of fused-ring (bicyclic) bond motifs is 1. The molecule has 5 rings (SSSR count). The number of carbonyl (C=O) groups is 1. The molecule has 34 heavy (non-hydrogen) atoms. The highest BCUT2D eigenvalue weighted by Gasteiger charge is 2.25. The van der Waals surface area contributed by atoms with E-state index in [9.17, 15) is 4.79 Å². The molecular weight excluding hydrogens is 422 g/mol. The van der Waals surface area contributed by atoms with Crippen LogP contribution in [0.1, 0.15) is 28.8 Å². The number of nitrogens with one attached hydrogen (secondary N) is 1. The van der Waals surface area contributed by atoms with Gasteiger partial charge in [0, 0.05) is 30.4 Å². The van der Waals surface area contributed by atoms with Crippen molar-refractivity contribution in [1.29, 1.82) is 0 Å². The zero-order chi connectivity index (χ0) is 23.3. The first kappa shape index (κ1) is 22.0. The van der Waals surface area contributed by atoms with Crippen molar-refractivity contribution in [2.75, 3.05) is 25.5 Å². The number of amides is 1. The van der Waals surface area contributed by atoms with Crippen LogP contribution in [0.3, 0.4) is 0 Å². The molecule has 5 nitrogen and oxygen atoms in total. The number of rotatable bonds is 6. The maximum atomic E-state index is 13.5. The van der Waals surface area contributed by atoms with E-state index in [1.54, 1.807) is 13.3 Å². The van der Waals surface area contributed by atoms with Gasteiger partial charge in [-0.3, -0.25) is 4.79 Å². The second kappa shape index (κ2) is 9.96. The number of benzene rings is 3. The zero-order valence-electron chi connectivity index (χ0n) is 19.4. The van der Waals surface area contributed by atoms with Crippen LogP contribution in [0.2, 0.25) is 0 Å². The average Bonchev–Trinajstić information content (AvgIpc) is 2.90. The SMILES string of the molecule is COc1ccc(Nc2ncc(C(=O)N3CCC(Cc4ccccc4)CC3)c3ccccc23)cc1. The molecule has 0 radical (unpaired) electrons. The van der Waals surface area contributed by atoms with Gasteiger partial charge in [0.05, 0.1) is 12.7 Å². The molecule has 0 saturated carbocycles. The normalized spacial score (nSPS) is 14.2. The molecule has 2 heterocycles. The summed E-state index contributed by atoms with van der Waals surface area (Å²) in [6.45, 7) is 1.58. The van der Waals surface area contributed by atoms with E-state index in [1.165, 1.54) is 5.56 Å². The molecule has 1 aliphatic heterocycles. The van der Waals surface area contributed by atoms with Crippen molar-refractivity contribution in [1.82, 2.24) is 9.88 Å². The number of anilines is 2. The molecule has 1 aromatic heterocycles. The fraction of sp³-hybridized carbons (Fsp3) is 0.241. The lowest BCUT2D eigenvalue weighted by Gasteiger charge is -2.32. The van der Waals surface area contributed by atoms with E-state index in [2.05, 4.69) is 40.6 Å². The van der Waals surface area contributed by atoms with Crippen molar-refractivity contribution in [3.8, 4) is 5.75 Å². The summed E-state index contributed by atoms with van der Waals surface area (Å²) in [6.07, 6.45) is 4.86. The van der Waals surface area contributed by atoms with Crippen molar-refractivity contribution in [3.05, 3.63) is 96.2 Å². The molecule has 0 bridgehead atoms. The summed E-state index contributed by atoms with van der Waals surface area (Å²) < 4.78 is 5.24. The second-order valence-electron chi connectivity index (χ2n) is 8.84. The van der Waals surface area contributed by atoms with Gasteiger partial charge in [-0.2, -0.15) is 0 Å².